The number of nitrogens with one attached hydrogen (secondary N) is 2. The van der Waals surface area contributed by atoms with Gasteiger partial charge < -0.3 is 20.8 Å². The van der Waals surface area contributed by atoms with Crippen LogP contribution < -0.4 is 15.8 Å². The molecule has 0 fully saturated rings. The number of H-pyrrole nitrogens is 1. The lowest BCUT2D eigenvalue weighted by atomic mass is 10.0. The number of ether oxygens (including phenoxy) is 1. The summed E-state index contributed by atoms with van der Waals surface area (Å²) in [6.45, 7) is 1.29. The predicted octanol–water partition coefficient (Wildman–Crippen LogP) is 1.92. The molecule has 0 spiro atoms. The lowest BCUT2D eigenvalue weighted by Crippen LogP contribution is -2.45. The summed E-state index contributed by atoms with van der Waals surface area (Å²) in [5.41, 5.74) is 7.65. The number of nitrogens with two attached hydrogens (primary N) is 1. The minimum atomic E-state index is -0.857. The molecule has 0 bridgehead atoms. The average molecular weight is 365 g/mol. The van der Waals surface area contributed by atoms with E-state index in [1.165, 1.54) is 31.2 Å². The van der Waals surface area contributed by atoms with Crippen LogP contribution >= 0.6 is 0 Å². The summed E-state index contributed by atoms with van der Waals surface area (Å²) in [7, 11) is 0. The maximum atomic E-state index is 12.5. The molecule has 0 saturated heterocycles. The minimum absolute atomic E-state index is 0.274. The third kappa shape index (κ3) is 4.33. The number of aromatic amines is 1. The summed E-state index contributed by atoms with van der Waals surface area (Å²) in [6, 6.07) is 12.9. The van der Waals surface area contributed by atoms with E-state index in [1.807, 2.05) is 24.3 Å². The molecule has 1 atom stereocenters. The first-order chi connectivity index (χ1) is 12.9. The van der Waals surface area contributed by atoms with Crippen LogP contribution in [0.5, 0.6) is 5.75 Å². The SMILES string of the molecule is CC(=O)Oc1ccc(C(=O)N[C@@H](Cc2c[nH]c3ccccc23)C(N)=O)cc1. The Hall–Kier alpha value is -3.61. The van der Waals surface area contributed by atoms with Gasteiger partial charge in [-0.1, -0.05) is 18.2 Å². The molecule has 0 radical (unpaired) electrons. The highest BCUT2D eigenvalue weighted by Gasteiger charge is 2.21. The molecule has 7 heteroatoms. The van der Waals surface area contributed by atoms with E-state index in [0.29, 0.717) is 11.3 Å². The number of primary amides is 1. The number of aromatic nitrogens is 1. The van der Waals surface area contributed by atoms with E-state index in [9.17, 15) is 14.4 Å². The molecule has 0 aliphatic heterocycles. The highest BCUT2D eigenvalue weighted by molar-refractivity contribution is 5.97. The van der Waals surface area contributed by atoms with E-state index < -0.39 is 23.8 Å². The first-order valence-corrected chi connectivity index (χ1v) is 8.37. The first-order valence-electron chi connectivity index (χ1n) is 8.37. The van der Waals surface area contributed by atoms with Crippen molar-refractivity contribution in [1.82, 2.24) is 10.3 Å². The van der Waals surface area contributed by atoms with Crippen molar-refractivity contribution >= 4 is 28.7 Å². The molecule has 4 N–H and O–H groups in total. The number of hydrogen-bond acceptors (Lipinski definition) is 4. The highest BCUT2D eigenvalue weighted by atomic mass is 16.5. The largest absolute Gasteiger partial charge is 0.427 e. The minimum Gasteiger partial charge on any atom is -0.427 e. The van der Waals surface area contributed by atoms with Gasteiger partial charge in [-0.3, -0.25) is 14.4 Å². The Kier molecular flexibility index (Phi) is 5.21. The summed E-state index contributed by atoms with van der Waals surface area (Å²) in [4.78, 5) is 38.4. The quantitative estimate of drug-likeness (QED) is 0.457. The van der Waals surface area contributed by atoms with Gasteiger partial charge in [0.1, 0.15) is 11.8 Å². The normalized spacial score (nSPS) is 11.7. The molecule has 2 amide bonds. The van der Waals surface area contributed by atoms with Gasteiger partial charge >= 0.3 is 5.97 Å². The van der Waals surface area contributed by atoms with Gasteiger partial charge in [0, 0.05) is 36.0 Å². The van der Waals surface area contributed by atoms with E-state index in [4.69, 9.17) is 10.5 Å². The lowest BCUT2D eigenvalue weighted by molar-refractivity contribution is -0.131. The van der Waals surface area contributed by atoms with E-state index in [2.05, 4.69) is 10.3 Å². The zero-order valence-electron chi connectivity index (χ0n) is 14.7. The van der Waals surface area contributed by atoms with Crippen LogP contribution in [0.25, 0.3) is 10.9 Å². The van der Waals surface area contributed by atoms with Crippen LogP contribution in [-0.4, -0.2) is 28.8 Å². The van der Waals surface area contributed by atoms with Crippen LogP contribution in [0.4, 0.5) is 0 Å². The fourth-order valence-electron chi connectivity index (χ4n) is 2.83. The van der Waals surface area contributed by atoms with Crippen LogP contribution in [0.2, 0.25) is 0 Å². The van der Waals surface area contributed by atoms with Gasteiger partial charge in [0.25, 0.3) is 5.91 Å². The molecular weight excluding hydrogens is 346 g/mol. The molecule has 0 aliphatic carbocycles. The van der Waals surface area contributed by atoms with Gasteiger partial charge in [-0.2, -0.15) is 0 Å². The first kappa shape index (κ1) is 18.2. The summed E-state index contributed by atoms with van der Waals surface area (Å²) >= 11 is 0. The second-order valence-corrected chi connectivity index (χ2v) is 6.11. The molecular formula is C20H19N3O4. The number of carbonyl (C=O) groups excluding carboxylic acids is 3. The fourth-order valence-corrected chi connectivity index (χ4v) is 2.83. The van der Waals surface area contributed by atoms with Crippen molar-refractivity contribution < 1.29 is 19.1 Å². The smallest absolute Gasteiger partial charge is 0.308 e. The second-order valence-electron chi connectivity index (χ2n) is 6.11. The molecule has 0 unspecified atom stereocenters. The number of amides is 2. The predicted molar refractivity (Wildman–Crippen MR) is 100 cm³/mol. The Morgan fingerprint density at radius 1 is 1.11 bits per heavy atom. The van der Waals surface area contributed by atoms with Crippen LogP contribution in [0.15, 0.2) is 54.7 Å². The van der Waals surface area contributed by atoms with Crippen molar-refractivity contribution in [2.24, 2.45) is 5.73 Å². The molecule has 3 aromatic rings. The maximum absolute atomic E-state index is 12.5. The Balaban J connectivity index is 1.73. The molecule has 2 aromatic carbocycles. The molecule has 1 heterocycles. The number of hydrogen-bond donors (Lipinski definition) is 3. The monoisotopic (exact) mass is 365 g/mol. The number of para-hydroxylation sites is 1. The van der Waals surface area contributed by atoms with E-state index >= 15 is 0 Å². The van der Waals surface area contributed by atoms with Crippen LogP contribution in [-0.2, 0) is 16.0 Å². The van der Waals surface area contributed by atoms with Gasteiger partial charge in [0.2, 0.25) is 5.91 Å². The molecule has 7 nitrogen and oxygen atoms in total. The highest BCUT2D eigenvalue weighted by Crippen LogP contribution is 2.19. The molecule has 27 heavy (non-hydrogen) atoms. The number of carbonyl (C=O) groups is 3. The van der Waals surface area contributed by atoms with Crippen molar-refractivity contribution in [3.63, 3.8) is 0 Å². The summed E-state index contributed by atoms with van der Waals surface area (Å²) in [5.74, 6) is -1.16. The van der Waals surface area contributed by atoms with Crippen molar-refractivity contribution in [3.8, 4) is 5.75 Å². The maximum Gasteiger partial charge on any atom is 0.308 e. The summed E-state index contributed by atoms with van der Waals surface area (Å²) in [6.07, 6.45) is 2.08. The molecule has 3 rings (SSSR count). The van der Waals surface area contributed by atoms with Gasteiger partial charge in [-0.05, 0) is 35.9 Å². The molecule has 0 aliphatic rings. The topological polar surface area (TPSA) is 114 Å². The molecule has 138 valence electrons. The second kappa shape index (κ2) is 7.74. The van der Waals surface area contributed by atoms with E-state index in [1.54, 1.807) is 6.20 Å². The fraction of sp³-hybridized carbons (Fsp3) is 0.150. The van der Waals surface area contributed by atoms with Crippen LogP contribution in [0.1, 0.15) is 22.8 Å². The molecule has 1 aromatic heterocycles. The van der Waals surface area contributed by atoms with Gasteiger partial charge in [0.15, 0.2) is 0 Å². The van der Waals surface area contributed by atoms with E-state index in [-0.39, 0.29) is 6.42 Å². The van der Waals surface area contributed by atoms with Crippen LogP contribution in [0.3, 0.4) is 0 Å². The molecule has 0 saturated carbocycles. The van der Waals surface area contributed by atoms with E-state index in [0.717, 1.165) is 16.5 Å². The number of rotatable bonds is 6. The number of benzene rings is 2. The number of fused-ring (bicyclic) bond motifs is 1. The summed E-state index contributed by atoms with van der Waals surface area (Å²) in [5, 5.41) is 3.64. The summed E-state index contributed by atoms with van der Waals surface area (Å²) < 4.78 is 4.93. The van der Waals surface area contributed by atoms with Crippen LogP contribution in [0, 0.1) is 0 Å². The van der Waals surface area contributed by atoms with Gasteiger partial charge in [-0.25, -0.2) is 0 Å². The lowest BCUT2D eigenvalue weighted by Gasteiger charge is -2.15. The Morgan fingerprint density at radius 2 is 1.81 bits per heavy atom. The average Bonchev–Trinajstić information content (AvgIpc) is 3.04. The van der Waals surface area contributed by atoms with Crippen molar-refractivity contribution in [2.75, 3.05) is 0 Å². The van der Waals surface area contributed by atoms with Crippen molar-refractivity contribution in [2.45, 2.75) is 19.4 Å². The van der Waals surface area contributed by atoms with Crippen molar-refractivity contribution in [1.29, 1.82) is 0 Å². The van der Waals surface area contributed by atoms with Crippen molar-refractivity contribution in [3.05, 3.63) is 65.9 Å². The Labute approximate surface area is 155 Å². The third-order valence-corrected chi connectivity index (χ3v) is 4.13. The third-order valence-electron chi connectivity index (χ3n) is 4.13. The number of esters is 1. The Bertz CT molecular complexity index is 992. The zero-order chi connectivity index (χ0) is 19.4. The zero-order valence-corrected chi connectivity index (χ0v) is 14.7. The Morgan fingerprint density at radius 3 is 2.48 bits per heavy atom. The van der Waals surface area contributed by atoms with Gasteiger partial charge in [-0.15, -0.1) is 0 Å². The van der Waals surface area contributed by atoms with Gasteiger partial charge in [0.05, 0.1) is 0 Å². The standard InChI is InChI=1S/C20H19N3O4/c1-12(24)27-15-8-6-13(7-9-15)20(26)23-18(19(21)25)10-14-11-22-17-5-3-2-4-16(14)17/h2-9,11,18,22H,10H2,1H3,(H2,21,25)(H,23,26)/t18-/m0/s1.